The molecule has 10 heteroatoms. The predicted molar refractivity (Wildman–Crippen MR) is 131 cm³/mol. The van der Waals surface area contributed by atoms with Gasteiger partial charge in [-0.25, -0.2) is 13.4 Å². The Hall–Kier alpha value is -1.93. The van der Waals surface area contributed by atoms with Gasteiger partial charge in [-0.2, -0.15) is 0 Å². The van der Waals surface area contributed by atoms with E-state index in [0.717, 1.165) is 6.54 Å². The van der Waals surface area contributed by atoms with Crippen LogP contribution in [0.1, 0.15) is 13.8 Å². The number of alkyl halides is 1. The fourth-order valence-electron chi connectivity index (χ4n) is 2.98. The molecule has 0 amide bonds. The van der Waals surface area contributed by atoms with Crippen molar-refractivity contribution in [2.24, 2.45) is 11.8 Å². The van der Waals surface area contributed by atoms with Crippen LogP contribution in [0.15, 0.2) is 64.9 Å². The van der Waals surface area contributed by atoms with Gasteiger partial charge in [0, 0.05) is 36.7 Å². The van der Waals surface area contributed by atoms with Gasteiger partial charge in [0.2, 0.25) is 9.84 Å². The van der Waals surface area contributed by atoms with E-state index in [1.165, 1.54) is 30.3 Å². The van der Waals surface area contributed by atoms with E-state index in [4.69, 9.17) is 44.3 Å². The van der Waals surface area contributed by atoms with Gasteiger partial charge < -0.3 is 14.0 Å². The highest BCUT2D eigenvalue weighted by Crippen LogP contribution is 2.33. The van der Waals surface area contributed by atoms with Crippen molar-refractivity contribution < 1.29 is 17.9 Å². The molecule has 1 aromatic heterocycles. The number of imidazole rings is 1. The van der Waals surface area contributed by atoms with E-state index in [1.54, 1.807) is 18.6 Å². The zero-order valence-electron chi connectivity index (χ0n) is 18.2. The molecule has 0 aliphatic rings. The van der Waals surface area contributed by atoms with Crippen LogP contribution in [0.2, 0.25) is 10.0 Å². The summed E-state index contributed by atoms with van der Waals surface area (Å²) in [6.07, 6.45) is 5.35. The zero-order valence-corrected chi connectivity index (χ0v) is 21.3. The van der Waals surface area contributed by atoms with Crippen molar-refractivity contribution in [2.75, 3.05) is 19.1 Å². The van der Waals surface area contributed by atoms with Gasteiger partial charge >= 0.3 is 0 Å². The number of sulfone groups is 1. The number of ether oxygens (including phenoxy) is 2. The molecule has 0 unspecified atom stereocenters. The molecule has 1 heterocycles. The highest BCUT2D eigenvalue weighted by atomic mass is 35.5. The van der Waals surface area contributed by atoms with Crippen LogP contribution in [0, 0.1) is 11.8 Å². The number of nitrogens with zero attached hydrogens (tertiary/aromatic N) is 2. The van der Waals surface area contributed by atoms with Gasteiger partial charge in [0.05, 0.1) is 39.4 Å². The summed E-state index contributed by atoms with van der Waals surface area (Å²) in [5.74, 6) is 1.62. The summed E-state index contributed by atoms with van der Waals surface area (Å²) in [5.41, 5.74) is 0. The molecule has 0 N–H and O–H groups in total. The summed E-state index contributed by atoms with van der Waals surface area (Å²) in [5, 5.41) is 0.419. The van der Waals surface area contributed by atoms with Crippen molar-refractivity contribution in [1.29, 1.82) is 0 Å². The Morgan fingerprint density at radius 3 is 1.94 bits per heavy atom. The smallest absolute Gasteiger partial charge is 0.206 e. The van der Waals surface area contributed by atoms with Gasteiger partial charge in [-0.15, -0.1) is 11.6 Å². The maximum Gasteiger partial charge on any atom is 0.206 e. The van der Waals surface area contributed by atoms with Crippen LogP contribution in [0.4, 0.5) is 0 Å². The second-order valence-corrected chi connectivity index (χ2v) is 11.0. The fourth-order valence-corrected chi connectivity index (χ4v) is 4.98. The first-order valence-electron chi connectivity index (χ1n) is 10.3. The van der Waals surface area contributed by atoms with Crippen LogP contribution in [0.5, 0.6) is 11.5 Å². The molecule has 0 radical (unpaired) electrons. The Labute approximate surface area is 209 Å². The molecule has 0 saturated heterocycles. The molecular weight excluding hydrogens is 507 g/mol. The van der Waals surface area contributed by atoms with Crippen LogP contribution >= 0.6 is 34.8 Å². The second-order valence-electron chi connectivity index (χ2n) is 7.93. The topological polar surface area (TPSA) is 70.4 Å². The lowest BCUT2D eigenvalue weighted by Crippen LogP contribution is -2.14. The molecule has 6 nitrogen and oxygen atoms in total. The van der Waals surface area contributed by atoms with Crippen LogP contribution in [0.25, 0.3) is 0 Å². The quantitative estimate of drug-likeness (QED) is 0.284. The molecule has 3 aromatic rings. The number of hydrogen-bond acceptors (Lipinski definition) is 5. The Balaban J connectivity index is 1.69. The third kappa shape index (κ3) is 6.79. The van der Waals surface area contributed by atoms with Crippen molar-refractivity contribution in [1.82, 2.24) is 9.55 Å². The van der Waals surface area contributed by atoms with Crippen molar-refractivity contribution in [3.05, 3.63) is 65.2 Å². The molecular formula is C23H25Cl3N2O4S. The third-order valence-corrected chi connectivity index (χ3v) is 7.69. The summed E-state index contributed by atoms with van der Waals surface area (Å²) >= 11 is 18.4. The van der Waals surface area contributed by atoms with Gasteiger partial charge in [-0.1, -0.05) is 37.0 Å². The largest absolute Gasteiger partial charge is 0.492 e. The first kappa shape index (κ1) is 25.7. The van der Waals surface area contributed by atoms with E-state index in [1.807, 2.05) is 24.6 Å². The lowest BCUT2D eigenvalue weighted by molar-refractivity contribution is 0.244. The highest BCUT2D eigenvalue weighted by Gasteiger charge is 2.21. The number of aromatic nitrogens is 2. The summed E-state index contributed by atoms with van der Waals surface area (Å²) in [6.45, 7) is 5.53. The minimum absolute atomic E-state index is 0.0453. The Bertz CT molecular complexity index is 1170. The minimum Gasteiger partial charge on any atom is -0.492 e. The van der Waals surface area contributed by atoms with Gasteiger partial charge in [-0.05, 0) is 36.4 Å². The first-order chi connectivity index (χ1) is 15.7. The van der Waals surface area contributed by atoms with Crippen LogP contribution in [-0.2, 0) is 16.4 Å². The number of rotatable bonds is 11. The van der Waals surface area contributed by atoms with Crippen molar-refractivity contribution in [3.8, 4) is 11.5 Å². The van der Waals surface area contributed by atoms with E-state index < -0.39 is 9.84 Å². The average molecular weight is 532 g/mol. The standard InChI is InChI=1S/C23H25Cl3N2O4S/c1-16(11-24)13-31-22-5-3-18(9-20(22)25)33(29,30)19-4-6-23(21(26)10-19)32-14-17(2)12-28-8-7-27-15-28/h3-10,15-17H,11-14H2,1-2H3/t16-,17+/m0/s1. The van der Waals surface area contributed by atoms with E-state index in [-0.39, 0.29) is 31.7 Å². The van der Waals surface area contributed by atoms with Crippen molar-refractivity contribution in [2.45, 2.75) is 30.2 Å². The third-order valence-electron chi connectivity index (χ3n) is 4.82. The minimum atomic E-state index is -3.83. The zero-order chi connectivity index (χ0) is 24.0. The van der Waals surface area contributed by atoms with E-state index >= 15 is 0 Å². The van der Waals surface area contributed by atoms with Crippen molar-refractivity contribution in [3.63, 3.8) is 0 Å². The molecule has 178 valence electrons. The lowest BCUT2D eigenvalue weighted by atomic mass is 10.2. The summed E-state index contributed by atoms with van der Waals surface area (Å²) < 4.78 is 39.6. The van der Waals surface area contributed by atoms with Gasteiger partial charge in [-0.3, -0.25) is 0 Å². The fraction of sp³-hybridized carbons (Fsp3) is 0.348. The molecule has 2 atom stereocenters. The van der Waals surface area contributed by atoms with Crippen LogP contribution < -0.4 is 9.47 Å². The molecule has 0 aliphatic heterocycles. The normalized spacial score (nSPS) is 13.5. The summed E-state index contributed by atoms with van der Waals surface area (Å²) in [7, 11) is -3.83. The first-order valence-corrected chi connectivity index (χ1v) is 13.1. The molecule has 0 saturated carbocycles. The maximum atomic E-state index is 13.1. The van der Waals surface area contributed by atoms with E-state index in [9.17, 15) is 8.42 Å². The van der Waals surface area contributed by atoms with Crippen LogP contribution in [0.3, 0.4) is 0 Å². The molecule has 0 aliphatic carbocycles. The number of benzene rings is 2. The molecule has 0 fully saturated rings. The van der Waals surface area contributed by atoms with Crippen molar-refractivity contribution >= 4 is 44.6 Å². The average Bonchev–Trinajstić information content (AvgIpc) is 3.30. The summed E-state index contributed by atoms with van der Waals surface area (Å²) in [6, 6.07) is 8.78. The maximum absolute atomic E-state index is 13.1. The molecule has 3 rings (SSSR count). The van der Waals surface area contributed by atoms with E-state index in [0.29, 0.717) is 30.6 Å². The predicted octanol–water partition coefficient (Wildman–Crippen LogP) is 5.99. The number of hydrogen-bond donors (Lipinski definition) is 0. The van der Waals surface area contributed by atoms with Gasteiger partial charge in [0.15, 0.2) is 0 Å². The molecule has 33 heavy (non-hydrogen) atoms. The molecule has 2 aromatic carbocycles. The Morgan fingerprint density at radius 1 is 0.939 bits per heavy atom. The monoisotopic (exact) mass is 530 g/mol. The van der Waals surface area contributed by atoms with Crippen LogP contribution in [-0.4, -0.2) is 37.1 Å². The Kier molecular flexibility index (Phi) is 8.93. The molecule has 0 bridgehead atoms. The van der Waals surface area contributed by atoms with Gasteiger partial charge in [0.25, 0.3) is 0 Å². The summed E-state index contributed by atoms with van der Waals surface area (Å²) in [4.78, 5) is 4.11. The lowest BCUT2D eigenvalue weighted by Gasteiger charge is -2.15. The molecule has 0 spiro atoms. The number of halogens is 3. The van der Waals surface area contributed by atoms with Gasteiger partial charge in [0.1, 0.15) is 11.5 Å². The second kappa shape index (κ2) is 11.5. The SMILES string of the molecule is C[C@@H](CCl)COc1ccc(S(=O)(=O)c2ccc(OC[C@H](C)Cn3ccnc3)c(Cl)c2)cc1Cl. The Morgan fingerprint density at radius 2 is 1.48 bits per heavy atom. The highest BCUT2D eigenvalue weighted by molar-refractivity contribution is 7.91. The van der Waals surface area contributed by atoms with E-state index in [2.05, 4.69) is 4.98 Å².